The Morgan fingerprint density at radius 1 is 1.50 bits per heavy atom. The summed E-state index contributed by atoms with van der Waals surface area (Å²) in [7, 11) is 0. The molecule has 1 aliphatic heterocycles. The van der Waals surface area contributed by atoms with E-state index < -0.39 is 5.91 Å². The highest BCUT2D eigenvalue weighted by atomic mass is 16.1. The van der Waals surface area contributed by atoms with E-state index in [1.807, 2.05) is 6.07 Å². The number of azo groups is 1. The van der Waals surface area contributed by atoms with Gasteiger partial charge in [0.1, 0.15) is 0 Å². The number of carbonyl (C=O) groups is 1. The Morgan fingerprint density at radius 2 is 2.33 bits per heavy atom. The number of primary amides is 1. The number of amides is 1. The number of fused-ring (bicyclic) bond motifs is 1. The van der Waals surface area contributed by atoms with Crippen molar-refractivity contribution in [1.29, 1.82) is 0 Å². The van der Waals surface area contributed by atoms with Crippen molar-refractivity contribution in [2.24, 2.45) is 16.0 Å². The van der Waals surface area contributed by atoms with Gasteiger partial charge in [-0.05, 0) is 12.1 Å². The van der Waals surface area contributed by atoms with Crippen LogP contribution in [0.15, 0.2) is 28.4 Å². The lowest BCUT2D eigenvalue weighted by molar-refractivity contribution is 0.0999. The Bertz CT molecular complexity index is 371. The first-order valence-corrected chi connectivity index (χ1v) is 3.58. The number of nitrogens with two attached hydrogens (primary N) is 1. The first-order chi connectivity index (χ1) is 5.79. The minimum atomic E-state index is -0.417. The van der Waals surface area contributed by atoms with Crippen LogP contribution in [0.3, 0.4) is 0 Å². The molecule has 0 saturated heterocycles. The number of carbonyl (C=O) groups excluding carboxylic acids is 1. The topological polar surface area (TPSA) is 67.8 Å². The van der Waals surface area contributed by atoms with E-state index in [-0.39, 0.29) is 0 Å². The summed E-state index contributed by atoms with van der Waals surface area (Å²) in [5, 5.41) is 7.67. The molecule has 0 spiro atoms. The van der Waals surface area contributed by atoms with Crippen LogP contribution in [0.5, 0.6) is 0 Å². The summed E-state index contributed by atoms with van der Waals surface area (Å²) in [6, 6.07) is 5.26. The highest BCUT2D eigenvalue weighted by molar-refractivity contribution is 5.95. The van der Waals surface area contributed by atoms with Crippen molar-refractivity contribution in [3.63, 3.8) is 0 Å². The van der Waals surface area contributed by atoms with Gasteiger partial charge in [-0.1, -0.05) is 6.07 Å². The summed E-state index contributed by atoms with van der Waals surface area (Å²) < 4.78 is 0. The largest absolute Gasteiger partial charge is 0.366 e. The van der Waals surface area contributed by atoms with Crippen LogP contribution >= 0.6 is 0 Å². The minimum Gasteiger partial charge on any atom is -0.366 e. The molecule has 1 amide bonds. The number of nitrogens with zero attached hydrogens (tertiary/aromatic N) is 2. The van der Waals surface area contributed by atoms with Crippen molar-refractivity contribution in [3.8, 4) is 0 Å². The van der Waals surface area contributed by atoms with Crippen LogP contribution in [0, 0.1) is 0 Å². The maximum Gasteiger partial charge on any atom is 0.249 e. The lowest BCUT2D eigenvalue weighted by Crippen LogP contribution is -2.12. The number of benzene rings is 1. The summed E-state index contributed by atoms with van der Waals surface area (Å²) in [6.07, 6.45) is 0. The summed E-state index contributed by atoms with van der Waals surface area (Å²) in [5.41, 5.74) is 7.28. The van der Waals surface area contributed by atoms with E-state index in [4.69, 9.17) is 5.73 Å². The predicted octanol–water partition coefficient (Wildman–Crippen LogP) is 1.38. The second kappa shape index (κ2) is 2.41. The smallest absolute Gasteiger partial charge is 0.249 e. The van der Waals surface area contributed by atoms with E-state index in [1.165, 1.54) is 0 Å². The quantitative estimate of drug-likeness (QED) is 0.664. The molecule has 1 heterocycles. The number of hydrogen-bond donors (Lipinski definition) is 1. The molecule has 1 aromatic carbocycles. The lowest BCUT2D eigenvalue weighted by Gasteiger charge is -2.00. The maximum absolute atomic E-state index is 10.9. The lowest BCUT2D eigenvalue weighted by atomic mass is 10.1. The van der Waals surface area contributed by atoms with Gasteiger partial charge in [-0.15, -0.1) is 0 Å². The fourth-order valence-corrected chi connectivity index (χ4v) is 1.25. The molecule has 0 radical (unpaired) electrons. The van der Waals surface area contributed by atoms with E-state index in [1.54, 1.807) is 12.1 Å². The van der Waals surface area contributed by atoms with Crippen molar-refractivity contribution in [1.82, 2.24) is 0 Å². The molecule has 1 aromatic rings. The SMILES string of the molecule is NC(=O)c1cccc2c1CN=N2. The maximum atomic E-state index is 10.9. The van der Waals surface area contributed by atoms with Gasteiger partial charge in [0.05, 0.1) is 12.2 Å². The van der Waals surface area contributed by atoms with Gasteiger partial charge in [-0.2, -0.15) is 10.2 Å². The summed E-state index contributed by atoms with van der Waals surface area (Å²) in [4.78, 5) is 10.9. The average Bonchev–Trinajstić information content (AvgIpc) is 2.49. The Kier molecular flexibility index (Phi) is 1.40. The molecule has 0 fully saturated rings. The number of rotatable bonds is 1. The zero-order chi connectivity index (χ0) is 8.55. The van der Waals surface area contributed by atoms with Gasteiger partial charge in [0.15, 0.2) is 0 Å². The molecule has 0 bridgehead atoms. The van der Waals surface area contributed by atoms with Gasteiger partial charge in [0, 0.05) is 11.1 Å². The summed E-state index contributed by atoms with van der Waals surface area (Å²) in [5.74, 6) is -0.417. The Labute approximate surface area is 69.1 Å². The molecular formula is C8H7N3O. The van der Waals surface area contributed by atoms with Crippen LogP contribution < -0.4 is 5.73 Å². The van der Waals surface area contributed by atoms with E-state index in [9.17, 15) is 4.79 Å². The Morgan fingerprint density at radius 3 is 3.08 bits per heavy atom. The van der Waals surface area contributed by atoms with Crippen molar-refractivity contribution in [2.75, 3.05) is 0 Å². The molecule has 4 nitrogen and oxygen atoms in total. The van der Waals surface area contributed by atoms with Crippen molar-refractivity contribution in [2.45, 2.75) is 6.54 Å². The third-order valence-electron chi connectivity index (χ3n) is 1.82. The molecule has 60 valence electrons. The van der Waals surface area contributed by atoms with E-state index in [0.29, 0.717) is 12.1 Å². The van der Waals surface area contributed by atoms with Crippen LogP contribution in [-0.4, -0.2) is 5.91 Å². The number of hydrogen-bond acceptors (Lipinski definition) is 3. The molecule has 4 heteroatoms. The third kappa shape index (κ3) is 0.887. The second-order valence-electron chi connectivity index (χ2n) is 2.57. The summed E-state index contributed by atoms with van der Waals surface area (Å²) in [6.45, 7) is 0.467. The molecule has 12 heavy (non-hydrogen) atoms. The van der Waals surface area contributed by atoms with Gasteiger partial charge >= 0.3 is 0 Å². The first-order valence-electron chi connectivity index (χ1n) is 3.58. The fourth-order valence-electron chi connectivity index (χ4n) is 1.25. The molecular weight excluding hydrogens is 154 g/mol. The zero-order valence-electron chi connectivity index (χ0n) is 6.32. The van der Waals surface area contributed by atoms with Crippen LogP contribution in [-0.2, 0) is 6.54 Å². The fraction of sp³-hybridized carbons (Fsp3) is 0.125. The highest BCUT2D eigenvalue weighted by Gasteiger charge is 2.14. The van der Waals surface area contributed by atoms with Gasteiger partial charge in [-0.25, -0.2) is 0 Å². The first kappa shape index (κ1) is 6.97. The van der Waals surface area contributed by atoms with Crippen molar-refractivity contribution in [3.05, 3.63) is 29.3 Å². The standard InChI is InChI=1S/C8H7N3O/c9-8(12)5-2-1-3-7-6(5)4-10-11-7/h1-3H,4H2,(H2,9,12). The molecule has 0 aliphatic carbocycles. The van der Waals surface area contributed by atoms with Crippen LogP contribution in [0.4, 0.5) is 5.69 Å². The predicted molar refractivity (Wildman–Crippen MR) is 43.2 cm³/mol. The molecule has 0 atom stereocenters. The van der Waals surface area contributed by atoms with Gasteiger partial charge < -0.3 is 5.73 Å². The van der Waals surface area contributed by atoms with Gasteiger partial charge in [0.2, 0.25) is 5.91 Å². The summed E-state index contributed by atoms with van der Waals surface area (Å²) >= 11 is 0. The van der Waals surface area contributed by atoms with E-state index in [0.717, 1.165) is 11.3 Å². The monoisotopic (exact) mass is 161 g/mol. The second-order valence-corrected chi connectivity index (χ2v) is 2.57. The zero-order valence-corrected chi connectivity index (χ0v) is 6.32. The molecule has 0 saturated carbocycles. The van der Waals surface area contributed by atoms with Crippen molar-refractivity contribution < 1.29 is 4.79 Å². The highest BCUT2D eigenvalue weighted by Crippen LogP contribution is 2.28. The normalized spacial score (nSPS) is 13.0. The minimum absolute atomic E-state index is 0.417. The average molecular weight is 161 g/mol. The Balaban J connectivity index is 2.60. The molecule has 0 unspecified atom stereocenters. The molecule has 2 N–H and O–H groups in total. The van der Waals surface area contributed by atoms with Crippen molar-refractivity contribution >= 4 is 11.6 Å². The van der Waals surface area contributed by atoms with Crippen LogP contribution in [0.1, 0.15) is 15.9 Å². The van der Waals surface area contributed by atoms with Gasteiger partial charge in [0.25, 0.3) is 0 Å². The third-order valence-corrected chi connectivity index (χ3v) is 1.82. The van der Waals surface area contributed by atoms with Gasteiger partial charge in [-0.3, -0.25) is 4.79 Å². The van der Waals surface area contributed by atoms with Crippen LogP contribution in [0.2, 0.25) is 0 Å². The molecule has 2 rings (SSSR count). The van der Waals surface area contributed by atoms with Crippen LogP contribution in [0.25, 0.3) is 0 Å². The molecule has 1 aliphatic rings. The van der Waals surface area contributed by atoms with E-state index in [2.05, 4.69) is 10.2 Å². The van der Waals surface area contributed by atoms with E-state index >= 15 is 0 Å². The Hall–Kier alpha value is -1.71. The molecule has 0 aromatic heterocycles.